The third-order valence-corrected chi connectivity index (χ3v) is 3.94. The predicted molar refractivity (Wildman–Crippen MR) is 81.9 cm³/mol. The molecule has 1 aliphatic carbocycles. The van der Waals surface area contributed by atoms with Crippen molar-refractivity contribution in [3.63, 3.8) is 0 Å². The molecule has 0 amide bonds. The van der Waals surface area contributed by atoms with Gasteiger partial charge in [-0.15, -0.1) is 0 Å². The molecule has 0 aromatic carbocycles. The van der Waals surface area contributed by atoms with Crippen LogP contribution in [0.2, 0.25) is 0 Å². The second kappa shape index (κ2) is 6.91. The molecule has 23 heavy (non-hydrogen) atoms. The third-order valence-electron chi connectivity index (χ3n) is 3.94. The molecule has 0 saturated heterocycles. The lowest BCUT2D eigenvalue weighted by Crippen LogP contribution is -2.23. The monoisotopic (exact) mass is 321 g/mol. The quantitative estimate of drug-likeness (QED) is 0.876. The first-order chi connectivity index (χ1) is 11.1. The smallest absolute Gasteiger partial charge is 0.255 e. The lowest BCUT2D eigenvalue weighted by atomic mass is 9.88. The molecule has 124 valence electrons. The van der Waals surface area contributed by atoms with E-state index in [1.54, 1.807) is 24.1 Å². The Balaban J connectivity index is 1.61. The van der Waals surface area contributed by atoms with Crippen LogP contribution < -0.4 is 10.1 Å². The summed E-state index contributed by atoms with van der Waals surface area (Å²) in [6.45, 7) is 0.396. The third kappa shape index (κ3) is 4.16. The number of aliphatic hydroxyl groups excluding tert-OH is 1. The van der Waals surface area contributed by atoms with Crippen molar-refractivity contribution in [2.24, 2.45) is 13.0 Å². The van der Waals surface area contributed by atoms with Gasteiger partial charge in [-0.05, 0) is 31.6 Å². The van der Waals surface area contributed by atoms with E-state index in [0.717, 1.165) is 31.9 Å². The zero-order valence-corrected chi connectivity index (χ0v) is 12.9. The average Bonchev–Trinajstić information content (AvgIpc) is 2.94. The van der Waals surface area contributed by atoms with Crippen LogP contribution in [0.25, 0.3) is 0 Å². The van der Waals surface area contributed by atoms with Crippen molar-refractivity contribution in [2.45, 2.75) is 31.8 Å². The van der Waals surface area contributed by atoms with Gasteiger partial charge in [-0.25, -0.2) is 4.98 Å². The maximum absolute atomic E-state index is 13.8. The number of aromatic nitrogens is 4. The van der Waals surface area contributed by atoms with Crippen LogP contribution in [0.15, 0.2) is 18.6 Å². The van der Waals surface area contributed by atoms with Crippen molar-refractivity contribution in [3.05, 3.63) is 24.4 Å². The fourth-order valence-corrected chi connectivity index (χ4v) is 2.64. The first kappa shape index (κ1) is 15.7. The van der Waals surface area contributed by atoms with Crippen LogP contribution in [0.1, 0.15) is 25.7 Å². The van der Waals surface area contributed by atoms with E-state index in [2.05, 4.69) is 20.4 Å². The fraction of sp³-hybridized carbons (Fsp3) is 0.533. The SMILES string of the molecule is Cn1cc(Nc2ncc(F)c(OC[C@H]3CC[C@H](O)CC3)n2)cn1. The van der Waals surface area contributed by atoms with Gasteiger partial charge in [0.25, 0.3) is 5.88 Å². The Labute approximate surface area is 133 Å². The molecule has 1 fully saturated rings. The van der Waals surface area contributed by atoms with Crippen molar-refractivity contribution in [3.8, 4) is 5.88 Å². The second-order valence-electron chi connectivity index (χ2n) is 5.86. The van der Waals surface area contributed by atoms with Crippen LogP contribution in [0, 0.1) is 11.7 Å². The summed E-state index contributed by atoms with van der Waals surface area (Å²) >= 11 is 0. The summed E-state index contributed by atoms with van der Waals surface area (Å²) in [5, 5.41) is 16.5. The summed E-state index contributed by atoms with van der Waals surface area (Å²) in [5.74, 6) is -0.0638. The molecular weight excluding hydrogens is 301 g/mol. The number of hydrogen-bond acceptors (Lipinski definition) is 6. The lowest BCUT2D eigenvalue weighted by Gasteiger charge is -2.25. The fourth-order valence-electron chi connectivity index (χ4n) is 2.64. The van der Waals surface area contributed by atoms with E-state index < -0.39 is 5.82 Å². The highest BCUT2D eigenvalue weighted by Crippen LogP contribution is 2.25. The molecule has 1 saturated carbocycles. The summed E-state index contributed by atoms with van der Waals surface area (Å²) in [6, 6.07) is 0. The number of anilines is 2. The molecule has 0 radical (unpaired) electrons. The number of ether oxygens (including phenoxy) is 1. The number of hydrogen-bond donors (Lipinski definition) is 2. The highest BCUT2D eigenvalue weighted by molar-refractivity contribution is 5.50. The van der Waals surface area contributed by atoms with Crippen molar-refractivity contribution in [1.82, 2.24) is 19.7 Å². The van der Waals surface area contributed by atoms with Gasteiger partial charge in [-0.2, -0.15) is 14.5 Å². The Hall–Kier alpha value is -2.22. The Kier molecular flexibility index (Phi) is 4.71. The minimum absolute atomic E-state index is 0.0579. The lowest BCUT2D eigenvalue weighted by molar-refractivity contribution is 0.0899. The van der Waals surface area contributed by atoms with E-state index in [-0.39, 0.29) is 17.9 Å². The number of aryl methyl sites for hydroxylation is 1. The van der Waals surface area contributed by atoms with Gasteiger partial charge in [0.1, 0.15) is 0 Å². The molecule has 2 aromatic heterocycles. The van der Waals surface area contributed by atoms with Crippen LogP contribution in [0.4, 0.5) is 16.0 Å². The minimum atomic E-state index is -0.586. The molecule has 8 heteroatoms. The first-order valence-electron chi connectivity index (χ1n) is 7.69. The highest BCUT2D eigenvalue weighted by atomic mass is 19.1. The van der Waals surface area contributed by atoms with Crippen LogP contribution in [-0.2, 0) is 7.05 Å². The Morgan fingerprint density at radius 2 is 2.13 bits per heavy atom. The summed E-state index contributed by atoms with van der Waals surface area (Å²) < 4.78 is 21.0. The molecule has 0 atom stereocenters. The van der Waals surface area contributed by atoms with E-state index >= 15 is 0 Å². The summed E-state index contributed by atoms with van der Waals surface area (Å²) in [6.07, 6.45) is 7.58. The van der Waals surface area contributed by atoms with Crippen LogP contribution >= 0.6 is 0 Å². The summed E-state index contributed by atoms with van der Waals surface area (Å²) in [5.41, 5.74) is 0.714. The molecule has 2 N–H and O–H groups in total. The van der Waals surface area contributed by atoms with Gasteiger partial charge in [0.15, 0.2) is 0 Å². The van der Waals surface area contributed by atoms with Gasteiger partial charge in [-0.3, -0.25) is 4.68 Å². The van der Waals surface area contributed by atoms with Crippen molar-refractivity contribution >= 4 is 11.6 Å². The van der Waals surface area contributed by atoms with E-state index in [1.165, 1.54) is 0 Å². The maximum atomic E-state index is 13.8. The topological polar surface area (TPSA) is 85.1 Å². The molecular formula is C15H20FN5O2. The number of nitrogens with zero attached hydrogens (tertiary/aromatic N) is 4. The van der Waals surface area contributed by atoms with Crippen molar-refractivity contribution < 1.29 is 14.2 Å². The van der Waals surface area contributed by atoms with E-state index in [4.69, 9.17) is 4.74 Å². The molecule has 3 rings (SSSR count). The number of nitrogens with one attached hydrogen (secondary N) is 1. The average molecular weight is 321 g/mol. The zero-order chi connectivity index (χ0) is 16.2. The van der Waals surface area contributed by atoms with Gasteiger partial charge in [0, 0.05) is 13.2 Å². The molecule has 0 bridgehead atoms. The first-order valence-corrected chi connectivity index (χ1v) is 7.69. The summed E-state index contributed by atoms with van der Waals surface area (Å²) in [4.78, 5) is 7.97. The second-order valence-corrected chi connectivity index (χ2v) is 5.86. The van der Waals surface area contributed by atoms with Crippen molar-refractivity contribution in [1.29, 1.82) is 0 Å². The Bertz CT molecular complexity index is 655. The van der Waals surface area contributed by atoms with Gasteiger partial charge in [-0.1, -0.05) is 0 Å². The molecule has 2 aromatic rings. The van der Waals surface area contributed by atoms with E-state index in [9.17, 15) is 9.50 Å². The van der Waals surface area contributed by atoms with Crippen LogP contribution in [-0.4, -0.2) is 37.6 Å². The molecule has 0 aliphatic heterocycles. The number of halogens is 1. The zero-order valence-electron chi connectivity index (χ0n) is 12.9. The Morgan fingerprint density at radius 1 is 1.35 bits per heavy atom. The van der Waals surface area contributed by atoms with E-state index in [0.29, 0.717) is 18.2 Å². The largest absolute Gasteiger partial charge is 0.475 e. The number of rotatable bonds is 5. The van der Waals surface area contributed by atoms with E-state index in [1.807, 2.05) is 0 Å². The van der Waals surface area contributed by atoms with Gasteiger partial charge in [0.2, 0.25) is 11.8 Å². The minimum Gasteiger partial charge on any atom is -0.475 e. The van der Waals surface area contributed by atoms with Crippen LogP contribution in [0.3, 0.4) is 0 Å². The maximum Gasteiger partial charge on any atom is 0.255 e. The molecule has 2 heterocycles. The normalized spacial score (nSPS) is 21.2. The molecule has 0 unspecified atom stereocenters. The molecule has 7 nitrogen and oxygen atoms in total. The van der Waals surface area contributed by atoms with Gasteiger partial charge >= 0.3 is 0 Å². The number of aliphatic hydroxyl groups is 1. The highest BCUT2D eigenvalue weighted by Gasteiger charge is 2.20. The Morgan fingerprint density at radius 3 is 2.83 bits per heavy atom. The van der Waals surface area contributed by atoms with Crippen LogP contribution in [0.5, 0.6) is 5.88 Å². The molecule has 1 aliphatic rings. The van der Waals surface area contributed by atoms with Crippen molar-refractivity contribution in [2.75, 3.05) is 11.9 Å². The van der Waals surface area contributed by atoms with Gasteiger partial charge < -0.3 is 15.2 Å². The van der Waals surface area contributed by atoms with Gasteiger partial charge in [0.05, 0.1) is 30.8 Å². The predicted octanol–water partition coefficient (Wildman–Crippen LogP) is 2.02. The summed E-state index contributed by atoms with van der Waals surface area (Å²) in [7, 11) is 1.80. The standard InChI is InChI=1S/C15H20FN5O2/c1-21-8-11(6-18-21)19-15-17-7-13(16)14(20-15)23-9-10-2-4-12(22)5-3-10/h6-8,10,12,22H,2-5,9H2,1H3,(H,17,19,20)/t10-,12-. The molecule has 0 spiro atoms.